The SMILES string of the molecule is Cc1nc(CN2C(=O)COc3cc(S(=O)(=O)Nc4ccc(C#N)cc4)c(Cl)cc32)no1. The highest BCUT2D eigenvalue weighted by Gasteiger charge is 2.30. The Hall–Kier alpha value is -3.62. The summed E-state index contributed by atoms with van der Waals surface area (Å²) in [5, 5.41) is 12.5. The molecular weight excluding hydrogens is 446 g/mol. The number of aromatic nitrogens is 2. The van der Waals surface area contributed by atoms with Gasteiger partial charge in [-0.15, -0.1) is 0 Å². The number of halogens is 1. The Labute approximate surface area is 182 Å². The van der Waals surface area contributed by atoms with Crippen LogP contribution < -0.4 is 14.4 Å². The van der Waals surface area contributed by atoms with Crippen LogP contribution in [0.25, 0.3) is 0 Å². The summed E-state index contributed by atoms with van der Waals surface area (Å²) in [5.74, 6) is 0.444. The third-order valence-corrected chi connectivity index (χ3v) is 6.23. The van der Waals surface area contributed by atoms with E-state index in [2.05, 4.69) is 14.9 Å². The number of aryl methyl sites for hydroxylation is 1. The van der Waals surface area contributed by atoms with E-state index in [1.54, 1.807) is 6.92 Å². The van der Waals surface area contributed by atoms with Gasteiger partial charge in [-0.1, -0.05) is 16.8 Å². The van der Waals surface area contributed by atoms with Gasteiger partial charge in [0.25, 0.3) is 15.9 Å². The summed E-state index contributed by atoms with van der Waals surface area (Å²) in [6.45, 7) is 1.35. The molecule has 12 heteroatoms. The van der Waals surface area contributed by atoms with Crippen LogP contribution >= 0.6 is 11.6 Å². The lowest BCUT2D eigenvalue weighted by Crippen LogP contribution is -2.38. The maximum Gasteiger partial charge on any atom is 0.265 e. The molecule has 158 valence electrons. The van der Waals surface area contributed by atoms with E-state index in [0.717, 1.165) is 0 Å². The van der Waals surface area contributed by atoms with E-state index >= 15 is 0 Å². The number of carbonyl (C=O) groups is 1. The first-order valence-electron chi connectivity index (χ1n) is 8.86. The number of sulfonamides is 1. The van der Waals surface area contributed by atoms with E-state index in [4.69, 9.17) is 26.1 Å². The van der Waals surface area contributed by atoms with Crippen LogP contribution in [0.1, 0.15) is 17.3 Å². The molecule has 0 atom stereocenters. The van der Waals surface area contributed by atoms with Crippen LogP contribution in [0.4, 0.5) is 11.4 Å². The highest BCUT2D eigenvalue weighted by Crippen LogP contribution is 2.39. The summed E-state index contributed by atoms with van der Waals surface area (Å²) in [4.78, 5) is 17.6. The number of amides is 1. The van der Waals surface area contributed by atoms with E-state index in [0.29, 0.717) is 17.1 Å². The van der Waals surface area contributed by atoms with Crippen molar-refractivity contribution < 1.29 is 22.5 Å². The fourth-order valence-electron chi connectivity index (χ4n) is 2.95. The number of ether oxygens (including phenoxy) is 1. The molecule has 1 N–H and O–H groups in total. The first-order chi connectivity index (χ1) is 14.8. The number of carbonyl (C=O) groups excluding carboxylic acids is 1. The van der Waals surface area contributed by atoms with E-state index < -0.39 is 10.0 Å². The van der Waals surface area contributed by atoms with Crippen molar-refractivity contribution >= 4 is 38.9 Å². The van der Waals surface area contributed by atoms with Crippen molar-refractivity contribution in [3.8, 4) is 11.8 Å². The molecule has 1 aromatic heterocycles. The van der Waals surface area contributed by atoms with Crippen molar-refractivity contribution in [2.24, 2.45) is 0 Å². The van der Waals surface area contributed by atoms with Crippen LogP contribution in [0.15, 0.2) is 45.8 Å². The average Bonchev–Trinajstić information content (AvgIpc) is 3.15. The molecule has 0 unspecified atom stereocenters. The third kappa shape index (κ3) is 4.16. The molecule has 4 rings (SSSR count). The molecule has 10 nitrogen and oxygen atoms in total. The first kappa shape index (κ1) is 20.6. The summed E-state index contributed by atoms with van der Waals surface area (Å²) in [6, 6.07) is 10.5. The number of benzene rings is 2. The van der Waals surface area contributed by atoms with Gasteiger partial charge < -0.3 is 9.26 Å². The molecule has 2 heterocycles. The predicted molar refractivity (Wildman–Crippen MR) is 109 cm³/mol. The highest BCUT2D eigenvalue weighted by molar-refractivity contribution is 7.92. The summed E-state index contributed by atoms with van der Waals surface area (Å²) in [5.41, 5.74) is 0.948. The van der Waals surface area contributed by atoms with Crippen LogP contribution in [0.2, 0.25) is 5.02 Å². The lowest BCUT2D eigenvalue weighted by molar-refractivity contribution is -0.121. The molecule has 0 fully saturated rings. The smallest absolute Gasteiger partial charge is 0.265 e. The zero-order valence-corrected chi connectivity index (χ0v) is 17.6. The van der Waals surface area contributed by atoms with Crippen LogP contribution in [-0.4, -0.2) is 31.1 Å². The van der Waals surface area contributed by atoms with E-state index in [-0.39, 0.29) is 46.2 Å². The van der Waals surface area contributed by atoms with Crippen LogP contribution in [0.3, 0.4) is 0 Å². The van der Waals surface area contributed by atoms with Gasteiger partial charge in [-0.3, -0.25) is 14.4 Å². The van der Waals surface area contributed by atoms with E-state index in [1.165, 1.54) is 41.3 Å². The zero-order valence-electron chi connectivity index (χ0n) is 16.0. The number of nitrogens with zero attached hydrogens (tertiary/aromatic N) is 4. The molecule has 1 aliphatic rings. The molecule has 0 aliphatic carbocycles. The molecule has 2 aromatic carbocycles. The van der Waals surface area contributed by atoms with Gasteiger partial charge in [0.15, 0.2) is 12.4 Å². The summed E-state index contributed by atoms with van der Waals surface area (Å²) in [6.07, 6.45) is 0. The van der Waals surface area contributed by atoms with Crippen molar-refractivity contribution in [1.82, 2.24) is 10.1 Å². The summed E-state index contributed by atoms with van der Waals surface area (Å²) >= 11 is 6.27. The summed E-state index contributed by atoms with van der Waals surface area (Å²) < 4.78 is 38.5. The fraction of sp³-hybridized carbons (Fsp3) is 0.158. The van der Waals surface area contributed by atoms with Gasteiger partial charge in [0.1, 0.15) is 10.6 Å². The first-order valence-corrected chi connectivity index (χ1v) is 10.7. The molecule has 1 aliphatic heterocycles. The Kier molecular flexibility index (Phi) is 5.26. The lowest BCUT2D eigenvalue weighted by Gasteiger charge is -2.29. The lowest BCUT2D eigenvalue weighted by atomic mass is 10.2. The van der Waals surface area contributed by atoms with E-state index in [9.17, 15) is 13.2 Å². The minimum Gasteiger partial charge on any atom is -0.482 e. The molecule has 1 amide bonds. The maximum atomic E-state index is 12.9. The molecule has 0 saturated heterocycles. The molecule has 3 aromatic rings. The fourth-order valence-corrected chi connectivity index (χ4v) is 4.55. The van der Waals surface area contributed by atoms with Gasteiger partial charge in [0, 0.05) is 18.7 Å². The Morgan fingerprint density at radius 2 is 2.03 bits per heavy atom. The van der Waals surface area contributed by atoms with Crippen LogP contribution in [0, 0.1) is 18.3 Å². The Bertz CT molecular complexity index is 1310. The standard InChI is InChI=1S/C19H14ClN5O5S/c1-11-22-18(23-30-11)9-25-15-6-14(20)17(7-16(15)29-10-19(25)26)31(27,28)24-13-4-2-12(8-21)3-5-13/h2-7,24H,9-10H2,1H3. The third-order valence-electron chi connectivity index (χ3n) is 4.38. The zero-order chi connectivity index (χ0) is 22.2. The number of nitrogens with one attached hydrogen (secondary N) is 1. The van der Waals surface area contributed by atoms with Gasteiger partial charge in [-0.05, 0) is 30.3 Å². The largest absolute Gasteiger partial charge is 0.482 e. The van der Waals surface area contributed by atoms with Crippen molar-refractivity contribution in [3.63, 3.8) is 0 Å². The molecular formula is C19H14ClN5O5S. The summed E-state index contributed by atoms with van der Waals surface area (Å²) in [7, 11) is -4.07. The number of hydrogen-bond donors (Lipinski definition) is 1. The average molecular weight is 460 g/mol. The number of hydrogen-bond acceptors (Lipinski definition) is 8. The molecule has 31 heavy (non-hydrogen) atoms. The van der Waals surface area contributed by atoms with Gasteiger partial charge in [0.2, 0.25) is 5.89 Å². The second kappa shape index (κ2) is 7.90. The molecule has 0 bridgehead atoms. The van der Waals surface area contributed by atoms with Crippen molar-refractivity contribution in [3.05, 3.63) is 58.7 Å². The minimum absolute atomic E-state index is 0.0124. The number of nitriles is 1. The van der Waals surface area contributed by atoms with Gasteiger partial charge >= 0.3 is 0 Å². The quantitative estimate of drug-likeness (QED) is 0.614. The molecule has 0 radical (unpaired) electrons. The Balaban J connectivity index is 1.66. The van der Waals surface area contributed by atoms with Gasteiger partial charge in [-0.25, -0.2) is 8.42 Å². The highest BCUT2D eigenvalue weighted by atomic mass is 35.5. The number of fused-ring (bicyclic) bond motifs is 1. The predicted octanol–water partition coefficient (Wildman–Crippen LogP) is 2.63. The normalized spacial score (nSPS) is 13.3. The number of anilines is 2. The second-order valence-corrected chi connectivity index (χ2v) is 8.60. The molecule has 0 spiro atoms. The van der Waals surface area contributed by atoms with Crippen LogP contribution in [0.5, 0.6) is 5.75 Å². The van der Waals surface area contributed by atoms with E-state index in [1.807, 2.05) is 6.07 Å². The Morgan fingerprint density at radius 1 is 1.29 bits per heavy atom. The molecule has 0 saturated carbocycles. The van der Waals surface area contributed by atoms with Gasteiger partial charge in [0.05, 0.1) is 28.9 Å². The maximum absolute atomic E-state index is 12.9. The van der Waals surface area contributed by atoms with Crippen LogP contribution in [-0.2, 0) is 21.4 Å². The van der Waals surface area contributed by atoms with Crippen molar-refractivity contribution in [1.29, 1.82) is 5.26 Å². The minimum atomic E-state index is -4.07. The van der Waals surface area contributed by atoms with Crippen molar-refractivity contribution in [2.45, 2.75) is 18.4 Å². The number of rotatable bonds is 5. The monoisotopic (exact) mass is 459 g/mol. The van der Waals surface area contributed by atoms with Gasteiger partial charge in [-0.2, -0.15) is 10.2 Å². The topological polar surface area (TPSA) is 138 Å². The Morgan fingerprint density at radius 3 is 2.68 bits per heavy atom. The van der Waals surface area contributed by atoms with Crippen molar-refractivity contribution in [2.75, 3.05) is 16.2 Å². The second-order valence-electron chi connectivity index (χ2n) is 6.54.